The molecule has 0 spiro atoms. The fourth-order valence-corrected chi connectivity index (χ4v) is 2.44. The third kappa shape index (κ3) is 2.12. The fraction of sp³-hybridized carbons (Fsp3) is 0.538. The number of nitrogens with zero attached hydrogens (tertiary/aromatic N) is 2. The van der Waals surface area contributed by atoms with Crippen molar-refractivity contribution < 1.29 is 4.79 Å². The number of hydrogen-bond acceptors (Lipinski definition) is 4. The van der Waals surface area contributed by atoms with Gasteiger partial charge in [0.05, 0.1) is 11.1 Å². The van der Waals surface area contributed by atoms with Crippen LogP contribution >= 0.6 is 0 Å². The lowest BCUT2D eigenvalue weighted by molar-refractivity contribution is -0.128. The topological polar surface area (TPSA) is 71.2 Å². The molecule has 1 aromatic heterocycles. The van der Waals surface area contributed by atoms with E-state index in [1.54, 1.807) is 7.05 Å². The molecule has 1 unspecified atom stereocenters. The maximum Gasteiger partial charge on any atom is 0.227 e. The summed E-state index contributed by atoms with van der Waals surface area (Å²) in [4.78, 5) is 18.4. The standard InChI is InChI=1S/C13H20N4O/c1-9-4-5-10(14)11(16-9)17-7-6-13(2,8-17)12(18)15-3/h4-5H,6-8,14H2,1-3H3,(H,15,18). The highest BCUT2D eigenvalue weighted by Gasteiger charge is 2.40. The molecule has 0 saturated carbocycles. The van der Waals surface area contributed by atoms with Gasteiger partial charge in [-0.3, -0.25) is 4.79 Å². The molecule has 0 radical (unpaired) electrons. The van der Waals surface area contributed by atoms with Gasteiger partial charge in [-0.15, -0.1) is 0 Å². The second-order valence-electron chi connectivity index (χ2n) is 5.18. The van der Waals surface area contributed by atoms with Gasteiger partial charge in [-0.2, -0.15) is 0 Å². The molecule has 18 heavy (non-hydrogen) atoms. The predicted molar refractivity (Wildman–Crippen MR) is 72.4 cm³/mol. The van der Waals surface area contributed by atoms with Gasteiger partial charge >= 0.3 is 0 Å². The Labute approximate surface area is 107 Å². The Morgan fingerprint density at radius 3 is 2.94 bits per heavy atom. The van der Waals surface area contributed by atoms with Crippen LogP contribution in [0.3, 0.4) is 0 Å². The average Bonchev–Trinajstić information content (AvgIpc) is 2.75. The Kier molecular flexibility index (Phi) is 3.15. The number of hydrogen-bond donors (Lipinski definition) is 2. The van der Waals surface area contributed by atoms with Gasteiger partial charge < -0.3 is 16.0 Å². The number of rotatable bonds is 2. The average molecular weight is 248 g/mol. The second-order valence-corrected chi connectivity index (χ2v) is 5.18. The van der Waals surface area contributed by atoms with Crippen LogP contribution in [-0.4, -0.2) is 31.0 Å². The first kappa shape index (κ1) is 12.7. The largest absolute Gasteiger partial charge is 0.396 e. The highest BCUT2D eigenvalue weighted by molar-refractivity contribution is 5.83. The quantitative estimate of drug-likeness (QED) is 0.817. The van der Waals surface area contributed by atoms with E-state index in [4.69, 9.17) is 5.73 Å². The van der Waals surface area contributed by atoms with Crippen LogP contribution in [0.5, 0.6) is 0 Å². The molecule has 1 aromatic rings. The predicted octanol–water partition coefficient (Wildman–Crippen LogP) is 0.935. The molecule has 2 heterocycles. The number of anilines is 2. The van der Waals surface area contributed by atoms with Gasteiger partial charge in [-0.05, 0) is 32.4 Å². The lowest BCUT2D eigenvalue weighted by atomic mass is 9.89. The lowest BCUT2D eigenvalue weighted by Crippen LogP contribution is -2.39. The number of aryl methyl sites for hydroxylation is 1. The Bertz CT molecular complexity index is 474. The van der Waals surface area contributed by atoms with E-state index < -0.39 is 0 Å². The van der Waals surface area contributed by atoms with Gasteiger partial charge in [0, 0.05) is 25.8 Å². The summed E-state index contributed by atoms with van der Waals surface area (Å²) >= 11 is 0. The van der Waals surface area contributed by atoms with E-state index in [1.807, 2.05) is 26.0 Å². The molecule has 2 rings (SSSR count). The van der Waals surface area contributed by atoms with Gasteiger partial charge in [0.1, 0.15) is 0 Å². The molecular formula is C13H20N4O. The number of nitrogens with two attached hydrogens (primary N) is 1. The molecule has 5 heteroatoms. The Hall–Kier alpha value is -1.78. The third-order valence-electron chi connectivity index (χ3n) is 3.59. The lowest BCUT2D eigenvalue weighted by Gasteiger charge is -2.24. The van der Waals surface area contributed by atoms with Crippen LogP contribution < -0.4 is 16.0 Å². The SMILES string of the molecule is CNC(=O)C1(C)CCN(c2nc(C)ccc2N)C1. The molecule has 1 saturated heterocycles. The van der Waals surface area contributed by atoms with E-state index in [2.05, 4.69) is 15.2 Å². The Balaban J connectivity index is 2.23. The van der Waals surface area contributed by atoms with Gasteiger partial charge in [0.15, 0.2) is 5.82 Å². The molecular weight excluding hydrogens is 228 g/mol. The van der Waals surface area contributed by atoms with Gasteiger partial charge in [0.2, 0.25) is 5.91 Å². The minimum absolute atomic E-state index is 0.0798. The van der Waals surface area contributed by atoms with Crippen molar-refractivity contribution in [2.24, 2.45) is 5.41 Å². The number of carbonyl (C=O) groups excluding carboxylic acids is 1. The van der Waals surface area contributed by atoms with E-state index in [1.165, 1.54) is 0 Å². The smallest absolute Gasteiger partial charge is 0.227 e. The van der Waals surface area contributed by atoms with Gasteiger partial charge in [-0.25, -0.2) is 4.98 Å². The van der Waals surface area contributed by atoms with E-state index in [0.29, 0.717) is 12.2 Å². The second kappa shape index (κ2) is 4.48. The monoisotopic (exact) mass is 248 g/mol. The van der Waals surface area contributed by atoms with Crippen LogP contribution in [0.25, 0.3) is 0 Å². The molecule has 0 aliphatic carbocycles. The maximum absolute atomic E-state index is 11.9. The molecule has 1 aliphatic heterocycles. The zero-order chi connectivity index (χ0) is 13.3. The summed E-state index contributed by atoms with van der Waals surface area (Å²) in [5, 5.41) is 2.73. The first-order valence-corrected chi connectivity index (χ1v) is 6.16. The number of carbonyl (C=O) groups is 1. The molecule has 0 bridgehead atoms. The molecule has 98 valence electrons. The van der Waals surface area contributed by atoms with Crippen molar-refractivity contribution >= 4 is 17.4 Å². The summed E-state index contributed by atoms with van der Waals surface area (Å²) < 4.78 is 0. The number of nitrogen functional groups attached to an aromatic ring is 1. The number of nitrogens with one attached hydrogen (secondary N) is 1. The molecule has 1 atom stereocenters. The van der Waals surface area contributed by atoms with Crippen molar-refractivity contribution in [2.75, 3.05) is 30.8 Å². The van der Waals surface area contributed by atoms with Crippen molar-refractivity contribution in [1.29, 1.82) is 0 Å². The summed E-state index contributed by atoms with van der Waals surface area (Å²) in [7, 11) is 1.68. The zero-order valence-corrected chi connectivity index (χ0v) is 11.2. The molecule has 1 aliphatic rings. The van der Waals surface area contributed by atoms with Crippen molar-refractivity contribution in [3.8, 4) is 0 Å². The van der Waals surface area contributed by atoms with Crippen LogP contribution in [0, 0.1) is 12.3 Å². The Morgan fingerprint density at radius 2 is 2.28 bits per heavy atom. The third-order valence-corrected chi connectivity index (χ3v) is 3.59. The van der Waals surface area contributed by atoms with Crippen LogP contribution in [0.4, 0.5) is 11.5 Å². The zero-order valence-electron chi connectivity index (χ0n) is 11.2. The summed E-state index contributed by atoms with van der Waals surface area (Å²) in [6, 6.07) is 3.76. The summed E-state index contributed by atoms with van der Waals surface area (Å²) in [6.07, 6.45) is 0.821. The Morgan fingerprint density at radius 1 is 1.56 bits per heavy atom. The van der Waals surface area contributed by atoms with Crippen molar-refractivity contribution in [3.05, 3.63) is 17.8 Å². The first-order chi connectivity index (χ1) is 8.46. The fourth-order valence-electron chi connectivity index (χ4n) is 2.44. The highest BCUT2D eigenvalue weighted by Crippen LogP contribution is 2.34. The van der Waals surface area contributed by atoms with Crippen LogP contribution in [0.1, 0.15) is 19.0 Å². The maximum atomic E-state index is 11.9. The van der Waals surface area contributed by atoms with E-state index in [-0.39, 0.29) is 11.3 Å². The summed E-state index contributed by atoms with van der Waals surface area (Å²) in [5.41, 5.74) is 7.21. The number of aromatic nitrogens is 1. The molecule has 1 amide bonds. The van der Waals surface area contributed by atoms with Crippen molar-refractivity contribution in [1.82, 2.24) is 10.3 Å². The van der Waals surface area contributed by atoms with Crippen LogP contribution in [0.15, 0.2) is 12.1 Å². The molecule has 3 N–H and O–H groups in total. The van der Waals surface area contributed by atoms with E-state index >= 15 is 0 Å². The van der Waals surface area contributed by atoms with Crippen LogP contribution in [0.2, 0.25) is 0 Å². The van der Waals surface area contributed by atoms with Crippen molar-refractivity contribution in [3.63, 3.8) is 0 Å². The molecule has 1 fully saturated rings. The minimum atomic E-state index is -0.355. The van der Waals surface area contributed by atoms with E-state index in [9.17, 15) is 4.79 Å². The number of pyridine rings is 1. The minimum Gasteiger partial charge on any atom is -0.396 e. The first-order valence-electron chi connectivity index (χ1n) is 6.16. The normalized spacial score (nSPS) is 23.2. The number of amides is 1. The molecule has 5 nitrogen and oxygen atoms in total. The van der Waals surface area contributed by atoms with Crippen molar-refractivity contribution in [2.45, 2.75) is 20.3 Å². The summed E-state index contributed by atoms with van der Waals surface area (Å²) in [6.45, 7) is 5.40. The summed E-state index contributed by atoms with van der Waals surface area (Å²) in [5.74, 6) is 0.874. The highest BCUT2D eigenvalue weighted by atomic mass is 16.2. The molecule has 0 aromatic carbocycles. The van der Waals surface area contributed by atoms with Gasteiger partial charge in [0.25, 0.3) is 0 Å². The van der Waals surface area contributed by atoms with Crippen LogP contribution in [-0.2, 0) is 4.79 Å². The van der Waals surface area contributed by atoms with E-state index in [0.717, 1.165) is 24.5 Å². The van der Waals surface area contributed by atoms with Gasteiger partial charge in [-0.1, -0.05) is 0 Å².